The highest BCUT2D eigenvalue weighted by molar-refractivity contribution is 5.16. The lowest BCUT2D eigenvalue weighted by atomic mass is 9.80. The van der Waals surface area contributed by atoms with Gasteiger partial charge in [-0.3, -0.25) is 0 Å². The van der Waals surface area contributed by atoms with Crippen molar-refractivity contribution in [1.29, 1.82) is 0 Å². The molecule has 0 amide bonds. The van der Waals surface area contributed by atoms with Crippen LogP contribution in [0.4, 0.5) is 0 Å². The molecule has 3 aliphatic rings. The van der Waals surface area contributed by atoms with Crippen LogP contribution in [0, 0.1) is 11.8 Å². The summed E-state index contributed by atoms with van der Waals surface area (Å²) in [5.74, 6) is 1.69. The van der Waals surface area contributed by atoms with E-state index in [0.717, 1.165) is 44.7 Å². The Morgan fingerprint density at radius 1 is 1.48 bits per heavy atom. The summed E-state index contributed by atoms with van der Waals surface area (Å²) in [6, 6.07) is 0. The first-order chi connectivity index (χ1) is 10.0. The van der Waals surface area contributed by atoms with E-state index in [2.05, 4.69) is 26.5 Å². The molecule has 118 valence electrons. The van der Waals surface area contributed by atoms with Crippen molar-refractivity contribution >= 4 is 0 Å². The molecule has 5 unspecified atom stereocenters. The maximum Gasteiger partial charge on any atom is 0.131 e. The highest BCUT2D eigenvalue weighted by Gasteiger charge is 2.61. The minimum atomic E-state index is -0.00216. The lowest BCUT2D eigenvalue weighted by molar-refractivity contribution is 0.0858. The molecular weight excluding hydrogens is 264 g/mol. The fourth-order valence-electron chi connectivity index (χ4n) is 3.90. The van der Waals surface area contributed by atoms with Gasteiger partial charge in [0.15, 0.2) is 0 Å². The van der Waals surface area contributed by atoms with E-state index in [-0.39, 0.29) is 17.8 Å². The van der Waals surface area contributed by atoms with E-state index in [1.807, 2.05) is 6.92 Å². The van der Waals surface area contributed by atoms with Crippen molar-refractivity contribution in [1.82, 2.24) is 0 Å². The van der Waals surface area contributed by atoms with Crippen LogP contribution in [-0.2, 0) is 14.2 Å². The summed E-state index contributed by atoms with van der Waals surface area (Å²) in [5, 5.41) is 0. The molecule has 3 heteroatoms. The number of hydrogen-bond donors (Lipinski definition) is 0. The van der Waals surface area contributed by atoms with Crippen LogP contribution in [-0.4, -0.2) is 31.0 Å². The smallest absolute Gasteiger partial charge is 0.131 e. The van der Waals surface area contributed by atoms with Crippen LogP contribution in [0.2, 0.25) is 0 Å². The van der Waals surface area contributed by atoms with E-state index >= 15 is 0 Å². The lowest BCUT2D eigenvalue weighted by Gasteiger charge is -2.22. The van der Waals surface area contributed by atoms with Crippen LogP contribution < -0.4 is 0 Å². The van der Waals surface area contributed by atoms with Gasteiger partial charge in [-0.1, -0.05) is 18.2 Å². The Morgan fingerprint density at radius 2 is 2.29 bits per heavy atom. The molecule has 21 heavy (non-hydrogen) atoms. The molecule has 0 N–H and O–H groups in total. The largest absolute Gasteiger partial charge is 0.492 e. The number of rotatable bonds is 3. The summed E-state index contributed by atoms with van der Waals surface area (Å²) in [6.07, 6.45) is 7.26. The summed E-state index contributed by atoms with van der Waals surface area (Å²) in [6.45, 7) is 12.1. The molecule has 0 bridgehead atoms. The van der Waals surface area contributed by atoms with Gasteiger partial charge in [-0.15, -0.1) is 0 Å². The molecule has 5 atom stereocenters. The van der Waals surface area contributed by atoms with Crippen molar-refractivity contribution in [2.45, 2.75) is 64.3 Å². The maximum absolute atomic E-state index is 6.14. The van der Waals surface area contributed by atoms with Crippen molar-refractivity contribution in [3.05, 3.63) is 24.0 Å². The van der Waals surface area contributed by atoms with E-state index in [1.165, 1.54) is 5.57 Å². The Kier molecular flexibility index (Phi) is 4.15. The van der Waals surface area contributed by atoms with Crippen LogP contribution in [0.15, 0.2) is 24.0 Å². The first-order valence-electron chi connectivity index (χ1n) is 8.32. The van der Waals surface area contributed by atoms with Crippen molar-refractivity contribution in [2.75, 3.05) is 13.2 Å². The Bertz CT molecular complexity index is 442. The fraction of sp³-hybridized carbons (Fsp3) is 0.778. The van der Waals surface area contributed by atoms with E-state index in [4.69, 9.17) is 14.2 Å². The van der Waals surface area contributed by atoms with Gasteiger partial charge in [0, 0.05) is 18.4 Å². The molecule has 0 aromatic rings. The maximum atomic E-state index is 6.14. The van der Waals surface area contributed by atoms with Crippen molar-refractivity contribution in [3.63, 3.8) is 0 Å². The van der Waals surface area contributed by atoms with Crippen molar-refractivity contribution in [3.8, 4) is 0 Å². The van der Waals surface area contributed by atoms with Crippen molar-refractivity contribution < 1.29 is 14.2 Å². The van der Waals surface area contributed by atoms with Gasteiger partial charge < -0.3 is 14.2 Å². The zero-order valence-corrected chi connectivity index (χ0v) is 13.6. The first kappa shape index (κ1) is 15.1. The standard InChI is InChI=1S/C18H28O3/c1-5-19-11-15-13(3)20-16-14(15)9-8-12(2)7-6-10-18(4)17(16)21-18/h7,14-17H,3,5-6,8-11H2,1-2,4H3. The molecule has 2 aliphatic heterocycles. The summed E-state index contributed by atoms with van der Waals surface area (Å²) >= 11 is 0. The van der Waals surface area contributed by atoms with Crippen LogP contribution in [0.25, 0.3) is 0 Å². The second-order valence-electron chi connectivity index (χ2n) is 6.96. The monoisotopic (exact) mass is 292 g/mol. The van der Waals surface area contributed by atoms with Gasteiger partial charge in [0.25, 0.3) is 0 Å². The molecule has 3 rings (SSSR count). The summed E-state index contributed by atoms with van der Waals surface area (Å²) in [4.78, 5) is 0. The normalized spacial score (nSPS) is 42.6. The topological polar surface area (TPSA) is 31.0 Å². The molecule has 0 aromatic carbocycles. The molecule has 0 saturated carbocycles. The Balaban J connectivity index is 1.80. The van der Waals surface area contributed by atoms with Gasteiger partial charge in [0.05, 0.1) is 18.0 Å². The zero-order valence-electron chi connectivity index (χ0n) is 13.6. The third kappa shape index (κ3) is 2.91. The Hall–Kier alpha value is -0.800. The number of epoxide rings is 1. The van der Waals surface area contributed by atoms with Gasteiger partial charge in [-0.2, -0.15) is 0 Å². The van der Waals surface area contributed by atoms with Crippen LogP contribution in [0.1, 0.15) is 46.5 Å². The van der Waals surface area contributed by atoms with E-state index < -0.39 is 0 Å². The number of allylic oxidation sites excluding steroid dienone is 2. The van der Waals surface area contributed by atoms with Gasteiger partial charge in [-0.05, 0) is 46.5 Å². The summed E-state index contributed by atoms with van der Waals surface area (Å²) < 4.78 is 17.9. The molecule has 3 nitrogen and oxygen atoms in total. The van der Waals surface area contributed by atoms with E-state index in [1.54, 1.807) is 0 Å². The molecule has 0 radical (unpaired) electrons. The van der Waals surface area contributed by atoms with Gasteiger partial charge in [0.2, 0.25) is 0 Å². The highest BCUT2D eigenvalue weighted by Crippen LogP contribution is 2.51. The molecule has 2 saturated heterocycles. The van der Waals surface area contributed by atoms with Crippen LogP contribution >= 0.6 is 0 Å². The fourth-order valence-corrected chi connectivity index (χ4v) is 3.90. The van der Waals surface area contributed by atoms with Gasteiger partial charge >= 0.3 is 0 Å². The van der Waals surface area contributed by atoms with Gasteiger partial charge in [-0.25, -0.2) is 0 Å². The Labute approximate surface area is 128 Å². The Morgan fingerprint density at radius 3 is 3.05 bits per heavy atom. The third-order valence-corrected chi connectivity index (χ3v) is 5.39. The molecule has 0 aromatic heterocycles. The summed E-state index contributed by atoms with van der Waals surface area (Å²) in [5.41, 5.74) is 1.49. The predicted octanol–water partition coefficient (Wildman–Crippen LogP) is 3.85. The zero-order chi connectivity index (χ0) is 15.0. The third-order valence-electron chi connectivity index (χ3n) is 5.39. The minimum Gasteiger partial charge on any atom is -0.492 e. The highest BCUT2D eigenvalue weighted by atomic mass is 16.6. The lowest BCUT2D eigenvalue weighted by Crippen LogP contribution is -2.31. The molecule has 2 heterocycles. The second-order valence-corrected chi connectivity index (χ2v) is 6.96. The quantitative estimate of drug-likeness (QED) is 0.585. The SMILES string of the molecule is C=C1OC2C(CCC(C)=CCCC3(C)OC23)C1COCC. The molecule has 2 fully saturated rings. The van der Waals surface area contributed by atoms with E-state index in [9.17, 15) is 0 Å². The number of hydrogen-bond acceptors (Lipinski definition) is 3. The summed E-state index contributed by atoms with van der Waals surface area (Å²) in [7, 11) is 0. The van der Waals surface area contributed by atoms with Crippen molar-refractivity contribution in [2.24, 2.45) is 11.8 Å². The average molecular weight is 292 g/mol. The minimum absolute atomic E-state index is 0.00216. The first-order valence-corrected chi connectivity index (χ1v) is 8.32. The van der Waals surface area contributed by atoms with Crippen LogP contribution in [0.3, 0.4) is 0 Å². The van der Waals surface area contributed by atoms with Crippen LogP contribution in [0.5, 0.6) is 0 Å². The van der Waals surface area contributed by atoms with Gasteiger partial charge in [0.1, 0.15) is 12.2 Å². The second kappa shape index (κ2) is 5.77. The molecule has 1 aliphatic carbocycles. The number of fused-ring (bicyclic) bond motifs is 3. The molecule has 0 spiro atoms. The number of ether oxygens (including phenoxy) is 3. The van der Waals surface area contributed by atoms with E-state index in [0.29, 0.717) is 11.8 Å². The molecular formula is C18H28O3. The average Bonchev–Trinajstić information content (AvgIpc) is 3.00. The predicted molar refractivity (Wildman–Crippen MR) is 83.0 cm³/mol.